The summed E-state index contributed by atoms with van der Waals surface area (Å²) >= 11 is 0. The zero-order valence-electron chi connectivity index (χ0n) is 19.4. The predicted octanol–water partition coefficient (Wildman–Crippen LogP) is 3.47. The van der Waals surface area contributed by atoms with E-state index in [0.717, 1.165) is 5.56 Å². The van der Waals surface area contributed by atoms with Gasteiger partial charge in [0.2, 0.25) is 0 Å². The zero-order valence-corrected chi connectivity index (χ0v) is 19.4. The first-order valence-electron chi connectivity index (χ1n) is 10.7. The maximum atomic E-state index is 12.5. The van der Waals surface area contributed by atoms with E-state index in [1.54, 1.807) is 12.1 Å². The summed E-state index contributed by atoms with van der Waals surface area (Å²) < 4.78 is 10.5. The van der Waals surface area contributed by atoms with Crippen LogP contribution in [0.25, 0.3) is 0 Å². The minimum atomic E-state index is -0.959. The molecule has 11 nitrogen and oxygen atoms in total. The van der Waals surface area contributed by atoms with Gasteiger partial charge in [0, 0.05) is 11.8 Å². The van der Waals surface area contributed by atoms with Crippen LogP contribution in [-0.2, 0) is 16.0 Å². The summed E-state index contributed by atoms with van der Waals surface area (Å²) in [6.07, 6.45) is 1.95. The normalized spacial score (nSPS) is 10.5. The van der Waals surface area contributed by atoms with Crippen molar-refractivity contribution in [2.45, 2.75) is 13.3 Å². The summed E-state index contributed by atoms with van der Waals surface area (Å²) in [5.41, 5.74) is 3.42. The van der Waals surface area contributed by atoms with Gasteiger partial charge < -0.3 is 14.8 Å². The second-order valence-corrected chi connectivity index (χ2v) is 7.24. The van der Waals surface area contributed by atoms with Gasteiger partial charge in [0.15, 0.2) is 11.5 Å². The number of nitrogens with one attached hydrogen (secondary N) is 2. The molecule has 0 spiro atoms. The molecule has 3 rings (SSSR count). The molecule has 0 aromatic heterocycles. The van der Waals surface area contributed by atoms with Gasteiger partial charge in [0.25, 0.3) is 5.69 Å². The molecule has 0 radical (unpaired) electrons. The molecule has 36 heavy (non-hydrogen) atoms. The van der Waals surface area contributed by atoms with E-state index in [9.17, 15) is 24.5 Å². The number of amides is 2. The molecule has 184 valence electrons. The molecular formula is C25H22N4O7. The lowest BCUT2D eigenvalue weighted by molar-refractivity contribution is -0.385. The third-order valence-corrected chi connectivity index (χ3v) is 4.94. The Balaban J connectivity index is 1.65. The Hall–Kier alpha value is -5.06. The molecule has 0 aliphatic heterocycles. The Bertz CT molecular complexity index is 1340. The molecule has 0 fully saturated rings. The number of nitro benzene ring substituents is 1. The molecule has 2 amide bonds. The molecule has 11 heteroatoms. The molecule has 0 atom stereocenters. The van der Waals surface area contributed by atoms with E-state index in [0.29, 0.717) is 17.7 Å². The fourth-order valence-corrected chi connectivity index (χ4v) is 3.15. The van der Waals surface area contributed by atoms with Crippen molar-refractivity contribution in [3.63, 3.8) is 0 Å². The zero-order chi connectivity index (χ0) is 26.1. The van der Waals surface area contributed by atoms with Crippen molar-refractivity contribution in [3.05, 3.63) is 93.5 Å². The molecule has 0 unspecified atom stereocenters. The highest BCUT2D eigenvalue weighted by molar-refractivity contribution is 6.39. The highest BCUT2D eigenvalue weighted by Gasteiger charge is 2.22. The van der Waals surface area contributed by atoms with Crippen molar-refractivity contribution in [2.75, 3.05) is 12.4 Å². The Morgan fingerprint density at radius 3 is 2.44 bits per heavy atom. The van der Waals surface area contributed by atoms with Gasteiger partial charge in [-0.05, 0) is 47.9 Å². The number of nitrogens with zero attached hydrogens (tertiary/aromatic N) is 2. The van der Waals surface area contributed by atoms with Gasteiger partial charge in [0.05, 0.1) is 18.2 Å². The average Bonchev–Trinajstić information content (AvgIpc) is 2.89. The number of rotatable bonds is 8. The van der Waals surface area contributed by atoms with Crippen molar-refractivity contribution >= 4 is 35.4 Å². The lowest BCUT2D eigenvalue weighted by Crippen LogP contribution is -2.32. The summed E-state index contributed by atoms with van der Waals surface area (Å²) in [4.78, 5) is 47.2. The fourth-order valence-electron chi connectivity index (χ4n) is 3.15. The van der Waals surface area contributed by atoms with Crippen LogP contribution >= 0.6 is 0 Å². The summed E-state index contributed by atoms with van der Waals surface area (Å²) in [5.74, 6) is -2.59. The third kappa shape index (κ3) is 6.29. The predicted molar refractivity (Wildman–Crippen MR) is 131 cm³/mol. The molecule has 0 aliphatic carbocycles. The SMILES string of the molecule is CCc1ccccc1NC(=O)C(=O)N/N=C/c1ccc(OC(=O)c2ccccc2[N+](=O)[O-])c(OC)c1. The van der Waals surface area contributed by atoms with Crippen LogP contribution < -0.4 is 20.2 Å². The molecule has 0 saturated carbocycles. The summed E-state index contributed by atoms with van der Waals surface area (Å²) in [7, 11) is 1.35. The molecular weight excluding hydrogens is 468 g/mol. The van der Waals surface area contributed by atoms with Crippen LogP contribution in [0.5, 0.6) is 11.5 Å². The number of para-hydroxylation sites is 2. The van der Waals surface area contributed by atoms with Crippen molar-refractivity contribution in [1.82, 2.24) is 5.43 Å². The third-order valence-electron chi connectivity index (χ3n) is 4.94. The molecule has 2 N–H and O–H groups in total. The number of methoxy groups -OCH3 is 1. The van der Waals surface area contributed by atoms with Crippen LogP contribution in [0.2, 0.25) is 0 Å². The standard InChI is InChI=1S/C25H22N4O7/c1-3-17-8-4-6-10-19(17)27-23(30)24(31)28-26-15-16-12-13-21(22(14-16)35-2)36-25(32)18-9-5-7-11-20(18)29(33)34/h4-15H,3H2,1-2H3,(H,27,30)(H,28,31)/b26-15+. The maximum absolute atomic E-state index is 12.5. The molecule has 3 aromatic carbocycles. The molecule has 0 saturated heterocycles. The molecule has 3 aromatic rings. The topological polar surface area (TPSA) is 149 Å². The average molecular weight is 490 g/mol. The quantitative estimate of drug-likeness (QED) is 0.123. The van der Waals surface area contributed by atoms with Gasteiger partial charge in [-0.2, -0.15) is 5.10 Å². The Labute approximate surface area is 205 Å². The highest BCUT2D eigenvalue weighted by atomic mass is 16.6. The Kier molecular flexibility index (Phi) is 8.44. The van der Waals surface area contributed by atoms with Crippen LogP contribution in [0, 0.1) is 10.1 Å². The number of anilines is 1. The number of hydrogen-bond acceptors (Lipinski definition) is 8. The number of esters is 1. The van der Waals surface area contributed by atoms with E-state index in [1.807, 2.05) is 19.1 Å². The van der Waals surface area contributed by atoms with E-state index in [2.05, 4.69) is 15.8 Å². The fraction of sp³-hybridized carbons (Fsp3) is 0.120. The number of benzene rings is 3. The van der Waals surface area contributed by atoms with E-state index >= 15 is 0 Å². The van der Waals surface area contributed by atoms with Crippen LogP contribution in [0.15, 0.2) is 71.8 Å². The first-order valence-corrected chi connectivity index (χ1v) is 10.7. The van der Waals surface area contributed by atoms with Gasteiger partial charge in [-0.3, -0.25) is 19.7 Å². The number of ether oxygens (including phenoxy) is 2. The summed E-state index contributed by atoms with van der Waals surface area (Å²) in [6, 6.07) is 16.9. The van der Waals surface area contributed by atoms with Gasteiger partial charge in [-0.1, -0.05) is 37.3 Å². The van der Waals surface area contributed by atoms with Gasteiger partial charge in [-0.15, -0.1) is 0 Å². The van der Waals surface area contributed by atoms with E-state index in [1.165, 1.54) is 55.8 Å². The number of carbonyl (C=O) groups excluding carboxylic acids is 3. The summed E-state index contributed by atoms with van der Waals surface area (Å²) in [6.45, 7) is 1.93. The molecule has 0 aliphatic rings. The first kappa shape index (κ1) is 25.6. The number of carbonyl (C=O) groups is 3. The van der Waals surface area contributed by atoms with Crippen molar-refractivity contribution in [1.29, 1.82) is 0 Å². The second kappa shape index (κ2) is 11.9. The van der Waals surface area contributed by atoms with Gasteiger partial charge >= 0.3 is 17.8 Å². The molecule has 0 bridgehead atoms. The lowest BCUT2D eigenvalue weighted by atomic mass is 10.1. The van der Waals surface area contributed by atoms with Crippen LogP contribution in [-0.4, -0.2) is 36.0 Å². The minimum absolute atomic E-state index is 0.0239. The summed E-state index contributed by atoms with van der Waals surface area (Å²) in [5, 5.41) is 17.5. The Morgan fingerprint density at radius 1 is 1.00 bits per heavy atom. The van der Waals surface area contributed by atoms with Crippen LogP contribution in [0.1, 0.15) is 28.4 Å². The van der Waals surface area contributed by atoms with Gasteiger partial charge in [0.1, 0.15) is 5.56 Å². The minimum Gasteiger partial charge on any atom is -0.493 e. The van der Waals surface area contributed by atoms with Crippen molar-refractivity contribution in [3.8, 4) is 11.5 Å². The highest BCUT2D eigenvalue weighted by Crippen LogP contribution is 2.29. The smallest absolute Gasteiger partial charge is 0.350 e. The van der Waals surface area contributed by atoms with E-state index < -0.39 is 22.7 Å². The lowest BCUT2D eigenvalue weighted by Gasteiger charge is -2.10. The number of nitro groups is 1. The second-order valence-electron chi connectivity index (χ2n) is 7.24. The maximum Gasteiger partial charge on any atom is 0.350 e. The largest absolute Gasteiger partial charge is 0.493 e. The number of aryl methyl sites for hydroxylation is 1. The molecule has 0 heterocycles. The van der Waals surface area contributed by atoms with Crippen molar-refractivity contribution < 1.29 is 28.8 Å². The Morgan fingerprint density at radius 2 is 1.72 bits per heavy atom. The number of hydrazone groups is 1. The van der Waals surface area contributed by atoms with Crippen LogP contribution in [0.4, 0.5) is 11.4 Å². The number of hydrogen-bond donors (Lipinski definition) is 2. The van der Waals surface area contributed by atoms with Crippen molar-refractivity contribution in [2.24, 2.45) is 5.10 Å². The monoisotopic (exact) mass is 490 g/mol. The van der Waals surface area contributed by atoms with E-state index in [-0.39, 0.29) is 22.7 Å². The van der Waals surface area contributed by atoms with Gasteiger partial charge in [-0.25, -0.2) is 10.2 Å². The first-order chi connectivity index (χ1) is 17.3. The van der Waals surface area contributed by atoms with Crippen LogP contribution in [0.3, 0.4) is 0 Å². The van der Waals surface area contributed by atoms with E-state index in [4.69, 9.17) is 9.47 Å².